The summed E-state index contributed by atoms with van der Waals surface area (Å²) in [4.78, 5) is 12.0. The Balaban J connectivity index is 1.86. The van der Waals surface area contributed by atoms with E-state index in [4.69, 9.17) is 32.7 Å². The molecule has 2 rings (SSSR count). The van der Waals surface area contributed by atoms with Gasteiger partial charge in [0.15, 0.2) is 0 Å². The molecule has 0 saturated carbocycles. The fourth-order valence-corrected chi connectivity index (χ4v) is 2.36. The summed E-state index contributed by atoms with van der Waals surface area (Å²) in [7, 11) is 1.62. The van der Waals surface area contributed by atoms with Crippen LogP contribution in [0.2, 0.25) is 10.0 Å². The van der Waals surface area contributed by atoms with E-state index in [1.54, 1.807) is 25.3 Å². The summed E-state index contributed by atoms with van der Waals surface area (Å²) in [5.74, 6) is 0.489. The number of carbonyl (C=O) groups is 1. The van der Waals surface area contributed by atoms with E-state index in [0.29, 0.717) is 34.7 Å². The lowest BCUT2D eigenvalue weighted by atomic mass is 10.3. The minimum atomic E-state index is -0.218. The Morgan fingerprint density at radius 1 is 1.12 bits per heavy atom. The molecule has 2 N–H and O–H groups in total. The van der Waals surface area contributed by atoms with E-state index in [0.717, 1.165) is 5.69 Å². The first-order valence-corrected chi connectivity index (χ1v) is 8.04. The van der Waals surface area contributed by atoms with E-state index in [1.807, 2.05) is 24.3 Å². The molecular weight excluding hydrogens is 351 g/mol. The smallest absolute Gasteiger partial charge is 0.243 e. The Kier molecular flexibility index (Phi) is 7.18. The van der Waals surface area contributed by atoms with E-state index >= 15 is 0 Å². The van der Waals surface area contributed by atoms with Crippen LogP contribution in [0.5, 0.6) is 5.75 Å². The maximum Gasteiger partial charge on any atom is 0.243 e. The highest BCUT2D eigenvalue weighted by molar-refractivity contribution is 6.36. The second-order valence-corrected chi connectivity index (χ2v) is 5.74. The minimum Gasteiger partial charge on any atom is -0.491 e. The molecule has 128 valence electrons. The summed E-state index contributed by atoms with van der Waals surface area (Å²) >= 11 is 11.9. The van der Waals surface area contributed by atoms with Crippen molar-refractivity contribution in [1.82, 2.24) is 0 Å². The summed E-state index contributed by atoms with van der Waals surface area (Å²) in [6.45, 7) is 1.08. The van der Waals surface area contributed by atoms with E-state index in [1.165, 1.54) is 0 Å². The Morgan fingerprint density at radius 3 is 2.71 bits per heavy atom. The van der Waals surface area contributed by atoms with Gasteiger partial charge in [0.05, 0.1) is 23.9 Å². The lowest BCUT2D eigenvalue weighted by Gasteiger charge is -2.11. The first-order chi connectivity index (χ1) is 11.6. The molecule has 0 saturated heterocycles. The van der Waals surface area contributed by atoms with Crippen molar-refractivity contribution in [2.75, 3.05) is 37.5 Å². The van der Waals surface area contributed by atoms with Crippen molar-refractivity contribution in [3.05, 3.63) is 52.5 Å². The normalized spacial score (nSPS) is 10.3. The second kappa shape index (κ2) is 9.37. The van der Waals surface area contributed by atoms with Gasteiger partial charge in [-0.25, -0.2) is 0 Å². The van der Waals surface area contributed by atoms with Crippen LogP contribution >= 0.6 is 23.2 Å². The minimum absolute atomic E-state index is 0.0977. The van der Waals surface area contributed by atoms with Gasteiger partial charge < -0.3 is 20.1 Å². The highest BCUT2D eigenvalue weighted by Gasteiger charge is 2.06. The van der Waals surface area contributed by atoms with Crippen molar-refractivity contribution < 1.29 is 14.3 Å². The van der Waals surface area contributed by atoms with Gasteiger partial charge in [-0.15, -0.1) is 0 Å². The molecule has 0 aliphatic heterocycles. The molecule has 0 spiro atoms. The molecule has 24 heavy (non-hydrogen) atoms. The first kappa shape index (κ1) is 18.4. The fourth-order valence-electron chi connectivity index (χ4n) is 1.91. The summed E-state index contributed by atoms with van der Waals surface area (Å²) < 4.78 is 10.5. The lowest BCUT2D eigenvalue weighted by molar-refractivity contribution is -0.114. The van der Waals surface area contributed by atoms with E-state index < -0.39 is 0 Å². The molecule has 0 fully saturated rings. The quantitative estimate of drug-likeness (QED) is 0.689. The fraction of sp³-hybridized carbons (Fsp3) is 0.235. The maximum atomic E-state index is 12.0. The molecule has 5 nitrogen and oxygen atoms in total. The predicted molar refractivity (Wildman–Crippen MR) is 97.4 cm³/mol. The number of nitrogens with one attached hydrogen (secondary N) is 2. The molecule has 0 aromatic heterocycles. The van der Waals surface area contributed by atoms with Crippen LogP contribution in [0, 0.1) is 0 Å². The van der Waals surface area contributed by atoms with Gasteiger partial charge in [-0.05, 0) is 30.3 Å². The van der Waals surface area contributed by atoms with Gasteiger partial charge in [0.1, 0.15) is 12.4 Å². The van der Waals surface area contributed by atoms with Crippen LogP contribution in [-0.2, 0) is 9.53 Å². The number of benzene rings is 2. The molecule has 2 aromatic carbocycles. The molecule has 0 heterocycles. The van der Waals surface area contributed by atoms with Gasteiger partial charge in [-0.1, -0.05) is 29.3 Å². The largest absolute Gasteiger partial charge is 0.491 e. The molecule has 0 aliphatic rings. The molecule has 0 aliphatic carbocycles. The van der Waals surface area contributed by atoms with Crippen LogP contribution < -0.4 is 15.4 Å². The van der Waals surface area contributed by atoms with Crippen molar-refractivity contribution in [2.24, 2.45) is 0 Å². The number of rotatable bonds is 8. The van der Waals surface area contributed by atoms with Crippen molar-refractivity contribution in [1.29, 1.82) is 0 Å². The van der Waals surface area contributed by atoms with Crippen molar-refractivity contribution in [3.8, 4) is 5.75 Å². The maximum absolute atomic E-state index is 12.0. The first-order valence-electron chi connectivity index (χ1n) is 7.29. The number of hydrogen-bond donors (Lipinski definition) is 2. The van der Waals surface area contributed by atoms with Gasteiger partial charge >= 0.3 is 0 Å². The van der Waals surface area contributed by atoms with Crippen LogP contribution in [0.25, 0.3) is 0 Å². The molecule has 0 radical (unpaired) electrons. The van der Waals surface area contributed by atoms with E-state index in [-0.39, 0.29) is 12.5 Å². The number of halogens is 2. The summed E-state index contributed by atoms with van der Waals surface area (Å²) in [5.41, 5.74) is 1.30. The average Bonchev–Trinajstić information content (AvgIpc) is 2.56. The molecule has 7 heteroatoms. The summed E-state index contributed by atoms with van der Waals surface area (Å²) in [6.07, 6.45) is 0. The van der Waals surface area contributed by atoms with Crippen LogP contribution in [0.4, 0.5) is 11.4 Å². The van der Waals surface area contributed by atoms with Gasteiger partial charge in [0, 0.05) is 23.9 Å². The van der Waals surface area contributed by atoms with Gasteiger partial charge in [0.2, 0.25) is 5.91 Å². The van der Waals surface area contributed by atoms with Crippen molar-refractivity contribution in [3.63, 3.8) is 0 Å². The molecule has 2 aromatic rings. The average molecular weight is 369 g/mol. The molecule has 0 atom stereocenters. The standard InChI is InChI=1S/C17H18Cl2N2O3/c1-23-7-8-24-14-4-2-3-13(10-14)20-11-17(22)21-16-6-5-12(18)9-15(16)19/h2-6,9-10,20H,7-8,11H2,1H3,(H,21,22). The van der Waals surface area contributed by atoms with Crippen molar-refractivity contribution in [2.45, 2.75) is 0 Å². The summed E-state index contributed by atoms with van der Waals surface area (Å²) in [5, 5.41) is 6.67. The lowest BCUT2D eigenvalue weighted by Crippen LogP contribution is -2.21. The van der Waals surface area contributed by atoms with Gasteiger partial charge in [-0.2, -0.15) is 0 Å². The molecule has 1 amide bonds. The third-order valence-corrected chi connectivity index (χ3v) is 3.60. The van der Waals surface area contributed by atoms with Crippen LogP contribution in [0.1, 0.15) is 0 Å². The third-order valence-electron chi connectivity index (χ3n) is 3.05. The Bertz CT molecular complexity index is 695. The molecular formula is C17H18Cl2N2O3. The Morgan fingerprint density at radius 2 is 1.96 bits per heavy atom. The van der Waals surface area contributed by atoms with Gasteiger partial charge in [-0.3, -0.25) is 4.79 Å². The molecule has 0 bridgehead atoms. The molecule has 0 unspecified atom stereocenters. The SMILES string of the molecule is COCCOc1cccc(NCC(=O)Nc2ccc(Cl)cc2Cl)c1. The number of anilines is 2. The Hall–Kier alpha value is -1.95. The van der Waals surface area contributed by atoms with Crippen LogP contribution in [-0.4, -0.2) is 32.8 Å². The highest BCUT2D eigenvalue weighted by atomic mass is 35.5. The number of methoxy groups -OCH3 is 1. The monoisotopic (exact) mass is 368 g/mol. The second-order valence-electron chi connectivity index (χ2n) is 4.89. The van der Waals surface area contributed by atoms with Crippen molar-refractivity contribution >= 4 is 40.5 Å². The number of hydrogen-bond acceptors (Lipinski definition) is 4. The van der Waals surface area contributed by atoms with E-state index in [9.17, 15) is 4.79 Å². The summed E-state index contributed by atoms with van der Waals surface area (Å²) in [6, 6.07) is 12.3. The zero-order valence-corrected chi connectivity index (χ0v) is 14.7. The number of ether oxygens (including phenoxy) is 2. The third kappa shape index (κ3) is 5.92. The van der Waals surface area contributed by atoms with Crippen LogP contribution in [0.15, 0.2) is 42.5 Å². The predicted octanol–water partition coefficient (Wildman–Crippen LogP) is 4.07. The zero-order chi connectivity index (χ0) is 17.4. The number of carbonyl (C=O) groups excluding carboxylic acids is 1. The topological polar surface area (TPSA) is 59.6 Å². The Labute approximate surface area is 150 Å². The highest BCUT2D eigenvalue weighted by Crippen LogP contribution is 2.25. The van der Waals surface area contributed by atoms with Gasteiger partial charge in [0.25, 0.3) is 0 Å². The number of amides is 1. The van der Waals surface area contributed by atoms with E-state index in [2.05, 4.69) is 10.6 Å². The zero-order valence-electron chi connectivity index (χ0n) is 13.1. The van der Waals surface area contributed by atoms with Crippen LogP contribution in [0.3, 0.4) is 0 Å².